The van der Waals surface area contributed by atoms with Crippen molar-refractivity contribution in [1.29, 1.82) is 0 Å². The summed E-state index contributed by atoms with van der Waals surface area (Å²) in [6, 6.07) is 6.31. The Morgan fingerprint density at radius 3 is 2.63 bits per heavy atom. The van der Waals surface area contributed by atoms with E-state index in [1.54, 1.807) is 6.20 Å². The van der Waals surface area contributed by atoms with Gasteiger partial charge in [-0.05, 0) is 44.4 Å². The lowest BCUT2D eigenvalue weighted by atomic mass is 10.1. The van der Waals surface area contributed by atoms with Gasteiger partial charge in [-0.1, -0.05) is 6.07 Å². The predicted molar refractivity (Wildman–Crippen MR) is 115 cm³/mol. The zero-order chi connectivity index (χ0) is 20.7. The molecule has 2 aliphatic rings. The molecule has 0 N–H and O–H groups in total. The van der Waals surface area contributed by atoms with Gasteiger partial charge in [0.1, 0.15) is 0 Å². The molecule has 0 radical (unpaired) electrons. The van der Waals surface area contributed by atoms with Gasteiger partial charge in [0.25, 0.3) is 5.91 Å². The van der Waals surface area contributed by atoms with Crippen molar-refractivity contribution in [3.8, 4) is 0 Å². The lowest BCUT2D eigenvalue weighted by Gasteiger charge is -2.34. The average molecular weight is 405 g/mol. The van der Waals surface area contributed by atoms with E-state index in [0.717, 1.165) is 67.9 Å². The van der Waals surface area contributed by atoms with E-state index in [2.05, 4.69) is 34.9 Å². The summed E-state index contributed by atoms with van der Waals surface area (Å²) in [5.74, 6) is 0.599. The minimum atomic E-state index is 0.105. The molecule has 5 rings (SSSR count). The van der Waals surface area contributed by atoms with Crippen LogP contribution in [0.1, 0.15) is 60.3 Å². The van der Waals surface area contributed by atoms with Gasteiger partial charge >= 0.3 is 0 Å². The van der Waals surface area contributed by atoms with Crippen molar-refractivity contribution in [2.45, 2.75) is 45.2 Å². The number of carbonyl (C=O) groups excluding carboxylic acids is 1. The van der Waals surface area contributed by atoms with Gasteiger partial charge in [0.2, 0.25) is 0 Å². The van der Waals surface area contributed by atoms with Crippen LogP contribution < -0.4 is 0 Å². The first kappa shape index (κ1) is 19.2. The number of nitrogens with zero attached hydrogens (tertiary/aromatic N) is 6. The highest BCUT2D eigenvalue weighted by atomic mass is 16.2. The van der Waals surface area contributed by atoms with Crippen LogP contribution >= 0.6 is 0 Å². The number of rotatable bonds is 5. The number of hydrogen-bond acceptors (Lipinski definition) is 5. The third kappa shape index (κ3) is 3.69. The molecule has 30 heavy (non-hydrogen) atoms. The molecule has 1 amide bonds. The van der Waals surface area contributed by atoms with E-state index in [-0.39, 0.29) is 11.9 Å². The number of aromatic nitrogens is 4. The molecule has 1 aliphatic heterocycles. The highest BCUT2D eigenvalue weighted by Gasteiger charge is 2.30. The summed E-state index contributed by atoms with van der Waals surface area (Å²) in [5.41, 5.74) is 3.86. The van der Waals surface area contributed by atoms with Crippen molar-refractivity contribution in [1.82, 2.24) is 29.5 Å². The maximum Gasteiger partial charge on any atom is 0.254 e. The predicted octanol–water partition coefficient (Wildman–Crippen LogP) is 3.24. The normalized spacial score (nSPS) is 17.8. The van der Waals surface area contributed by atoms with Gasteiger partial charge in [-0.2, -0.15) is 5.10 Å². The summed E-state index contributed by atoms with van der Waals surface area (Å²) in [7, 11) is 0. The lowest BCUT2D eigenvalue weighted by molar-refractivity contribution is 0.0630. The van der Waals surface area contributed by atoms with Gasteiger partial charge in [-0.3, -0.25) is 14.7 Å². The highest BCUT2D eigenvalue weighted by molar-refractivity contribution is 6.05. The molecule has 7 heteroatoms. The van der Waals surface area contributed by atoms with Crippen LogP contribution in [0.15, 0.2) is 36.8 Å². The van der Waals surface area contributed by atoms with Crippen LogP contribution in [0.3, 0.4) is 0 Å². The van der Waals surface area contributed by atoms with E-state index < -0.39 is 0 Å². The van der Waals surface area contributed by atoms with E-state index in [9.17, 15) is 4.79 Å². The standard InChI is InChI=1S/C23H28N6O/c1-16(2)29-22-20(14-25-29)19(12-21(26-22)18-5-6-18)23(30)28-10-8-27(9-11-28)15-17-4-3-7-24-13-17/h3-4,7,12-14,16,18H,5-6,8-11,15H2,1-2H3. The zero-order valence-electron chi connectivity index (χ0n) is 17.7. The zero-order valence-corrected chi connectivity index (χ0v) is 17.7. The fourth-order valence-corrected chi connectivity index (χ4v) is 4.21. The summed E-state index contributed by atoms with van der Waals surface area (Å²) in [6.07, 6.45) is 7.85. The van der Waals surface area contributed by atoms with Crippen LogP contribution in [-0.4, -0.2) is 61.6 Å². The highest BCUT2D eigenvalue weighted by Crippen LogP contribution is 2.40. The van der Waals surface area contributed by atoms with E-state index in [1.807, 2.05) is 34.1 Å². The van der Waals surface area contributed by atoms with Gasteiger partial charge in [-0.15, -0.1) is 0 Å². The Bertz CT molecular complexity index is 1050. The van der Waals surface area contributed by atoms with E-state index >= 15 is 0 Å². The second kappa shape index (κ2) is 7.80. The molecular formula is C23H28N6O. The summed E-state index contributed by atoms with van der Waals surface area (Å²) in [4.78, 5) is 26.9. The summed E-state index contributed by atoms with van der Waals surface area (Å²) < 4.78 is 1.93. The molecule has 0 atom stereocenters. The first-order valence-corrected chi connectivity index (χ1v) is 10.9. The van der Waals surface area contributed by atoms with Crippen LogP contribution in [0.5, 0.6) is 0 Å². The Morgan fingerprint density at radius 1 is 1.17 bits per heavy atom. The Morgan fingerprint density at radius 2 is 1.97 bits per heavy atom. The van der Waals surface area contributed by atoms with E-state index in [4.69, 9.17) is 4.98 Å². The maximum absolute atomic E-state index is 13.5. The molecule has 3 aromatic heterocycles. The van der Waals surface area contributed by atoms with Crippen LogP contribution in [0.2, 0.25) is 0 Å². The second-order valence-corrected chi connectivity index (χ2v) is 8.72. The monoisotopic (exact) mass is 404 g/mol. The van der Waals surface area contributed by atoms with Crippen LogP contribution in [0, 0.1) is 0 Å². The van der Waals surface area contributed by atoms with Crippen molar-refractivity contribution in [3.63, 3.8) is 0 Å². The number of amides is 1. The summed E-state index contributed by atoms with van der Waals surface area (Å²) in [5, 5.41) is 5.40. The molecule has 2 fully saturated rings. The Labute approximate surface area is 176 Å². The van der Waals surface area contributed by atoms with Gasteiger partial charge in [-0.25, -0.2) is 9.67 Å². The molecule has 1 saturated heterocycles. The van der Waals surface area contributed by atoms with Gasteiger partial charge < -0.3 is 4.90 Å². The minimum absolute atomic E-state index is 0.105. The molecule has 3 aromatic rings. The smallest absolute Gasteiger partial charge is 0.254 e. The largest absolute Gasteiger partial charge is 0.336 e. The van der Waals surface area contributed by atoms with Crippen molar-refractivity contribution >= 4 is 16.9 Å². The number of pyridine rings is 2. The lowest BCUT2D eigenvalue weighted by Crippen LogP contribution is -2.48. The van der Waals surface area contributed by atoms with Gasteiger partial charge in [0.15, 0.2) is 5.65 Å². The molecule has 156 valence electrons. The molecule has 0 aromatic carbocycles. The Hall–Kier alpha value is -2.80. The van der Waals surface area contributed by atoms with Crippen molar-refractivity contribution < 1.29 is 4.79 Å². The quantitative estimate of drug-likeness (QED) is 0.653. The third-order valence-electron chi connectivity index (χ3n) is 6.09. The summed E-state index contributed by atoms with van der Waals surface area (Å²) in [6.45, 7) is 8.29. The second-order valence-electron chi connectivity index (χ2n) is 8.72. The fourth-order valence-electron chi connectivity index (χ4n) is 4.21. The van der Waals surface area contributed by atoms with Crippen LogP contribution in [-0.2, 0) is 6.54 Å². The number of hydrogen-bond donors (Lipinski definition) is 0. The van der Waals surface area contributed by atoms with Crippen LogP contribution in [0.25, 0.3) is 11.0 Å². The van der Waals surface area contributed by atoms with Crippen molar-refractivity contribution in [2.75, 3.05) is 26.2 Å². The average Bonchev–Trinajstić information content (AvgIpc) is 3.52. The molecule has 0 spiro atoms. The Kier molecular flexibility index (Phi) is 4.98. The molecule has 7 nitrogen and oxygen atoms in total. The van der Waals surface area contributed by atoms with E-state index in [0.29, 0.717) is 5.92 Å². The van der Waals surface area contributed by atoms with Crippen LogP contribution in [0.4, 0.5) is 0 Å². The van der Waals surface area contributed by atoms with Gasteiger partial charge in [0, 0.05) is 62.8 Å². The molecular weight excluding hydrogens is 376 g/mol. The first-order chi connectivity index (χ1) is 14.6. The number of fused-ring (bicyclic) bond motifs is 1. The molecule has 1 aliphatic carbocycles. The van der Waals surface area contributed by atoms with E-state index in [1.165, 1.54) is 5.56 Å². The fraction of sp³-hybridized carbons (Fsp3) is 0.478. The minimum Gasteiger partial charge on any atom is -0.336 e. The SMILES string of the molecule is CC(C)n1ncc2c(C(=O)N3CCN(Cc4cccnc4)CC3)cc(C3CC3)nc21. The summed E-state index contributed by atoms with van der Waals surface area (Å²) >= 11 is 0. The van der Waals surface area contributed by atoms with Gasteiger partial charge in [0.05, 0.1) is 17.1 Å². The Balaban J connectivity index is 1.36. The molecule has 0 bridgehead atoms. The molecule has 4 heterocycles. The number of carbonyl (C=O) groups is 1. The van der Waals surface area contributed by atoms with Crippen molar-refractivity contribution in [3.05, 3.63) is 53.6 Å². The first-order valence-electron chi connectivity index (χ1n) is 10.9. The topological polar surface area (TPSA) is 67.2 Å². The van der Waals surface area contributed by atoms with Crippen molar-refractivity contribution in [2.24, 2.45) is 0 Å². The third-order valence-corrected chi connectivity index (χ3v) is 6.09. The number of piperazine rings is 1. The molecule has 0 unspecified atom stereocenters. The maximum atomic E-state index is 13.5. The molecule has 1 saturated carbocycles.